The third kappa shape index (κ3) is 5.46. The topological polar surface area (TPSA) is 87.4 Å². The summed E-state index contributed by atoms with van der Waals surface area (Å²) in [5.41, 5.74) is 0.114. The molecule has 0 unspecified atom stereocenters. The van der Waals surface area contributed by atoms with Gasteiger partial charge in [-0.15, -0.1) is 0 Å². The predicted octanol–water partition coefficient (Wildman–Crippen LogP) is 1.16. The van der Waals surface area contributed by atoms with Gasteiger partial charge in [-0.1, -0.05) is 12.1 Å². The lowest BCUT2D eigenvalue weighted by atomic mass is 10.3. The van der Waals surface area contributed by atoms with Crippen molar-refractivity contribution in [3.8, 4) is 0 Å². The molecular formula is C11H17N3O3S. The quantitative estimate of drug-likeness (QED) is 0.270. The minimum atomic E-state index is -0.385. The van der Waals surface area contributed by atoms with Crippen molar-refractivity contribution in [1.82, 2.24) is 10.0 Å². The van der Waals surface area contributed by atoms with E-state index in [0.717, 1.165) is 19.5 Å². The lowest BCUT2D eigenvalue weighted by Crippen LogP contribution is -2.25. The van der Waals surface area contributed by atoms with Gasteiger partial charge < -0.3 is 10.4 Å². The number of nitrogens with zero attached hydrogens (tertiary/aromatic N) is 1. The first kappa shape index (κ1) is 14.9. The van der Waals surface area contributed by atoms with Crippen LogP contribution in [0.2, 0.25) is 0 Å². The number of nitro groups is 1. The monoisotopic (exact) mass is 271 g/mol. The van der Waals surface area contributed by atoms with Crippen molar-refractivity contribution in [2.45, 2.75) is 11.3 Å². The highest BCUT2D eigenvalue weighted by atomic mass is 32.2. The van der Waals surface area contributed by atoms with Crippen LogP contribution in [-0.2, 0) is 0 Å². The molecule has 0 fully saturated rings. The van der Waals surface area contributed by atoms with Crippen LogP contribution in [0, 0.1) is 10.1 Å². The fraction of sp³-hybridized carbons (Fsp3) is 0.455. The smallest absolute Gasteiger partial charge is 0.284 e. The molecule has 0 spiro atoms. The Labute approximate surface area is 110 Å². The Morgan fingerprint density at radius 3 is 2.78 bits per heavy atom. The van der Waals surface area contributed by atoms with Gasteiger partial charge >= 0.3 is 0 Å². The molecule has 1 aromatic rings. The van der Waals surface area contributed by atoms with Gasteiger partial charge in [0.15, 0.2) is 0 Å². The molecule has 0 aliphatic heterocycles. The Balaban J connectivity index is 2.25. The largest absolute Gasteiger partial charge is 0.396 e. The van der Waals surface area contributed by atoms with E-state index in [0.29, 0.717) is 11.4 Å². The molecule has 18 heavy (non-hydrogen) atoms. The molecule has 0 amide bonds. The highest BCUT2D eigenvalue weighted by Crippen LogP contribution is 2.26. The molecule has 0 radical (unpaired) electrons. The molecule has 0 bridgehead atoms. The number of hydrogen-bond donors (Lipinski definition) is 3. The molecule has 0 aromatic heterocycles. The molecule has 3 N–H and O–H groups in total. The normalized spacial score (nSPS) is 10.5. The van der Waals surface area contributed by atoms with Gasteiger partial charge in [0, 0.05) is 25.8 Å². The second-order valence-corrected chi connectivity index (χ2v) is 4.48. The number of aliphatic hydroxyl groups excluding tert-OH is 1. The number of rotatable bonds is 9. The summed E-state index contributed by atoms with van der Waals surface area (Å²) in [6.07, 6.45) is 0.733. The van der Waals surface area contributed by atoms with Crippen LogP contribution in [0.5, 0.6) is 0 Å². The second kappa shape index (κ2) is 8.87. The van der Waals surface area contributed by atoms with Crippen LogP contribution in [0.4, 0.5) is 5.69 Å². The van der Waals surface area contributed by atoms with E-state index < -0.39 is 0 Å². The third-order valence-electron chi connectivity index (χ3n) is 2.16. The summed E-state index contributed by atoms with van der Waals surface area (Å²) in [6, 6.07) is 6.63. The van der Waals surface area contributed by atoms with Crippen LogP contribution in [0.1, 0.15) is 6.42 Å². The molecule has 6 nitrogen and oxygen atoms in total. The van der Waals surface area contributed by atoms with E-state index in [4.69, 9.17) is 5.11 Å². The molecule has 0 atom stereocenters. The average molecular weight is 271 g/mol. The summed E-state index contributed by atoms with van der Waals surface area (Å²) >= 11 is 1.26. The molecule has 7 heteroatoms. The van der Waals surface area contributed by atoms with E-state index in [1.54, 1.807) is 18.2 Å². The maximum atomic E-state index is 10.8. The summed E-state index contributed by atoms with van der Waals surface area (Å²) in [5.74, 6) is 0. The highest BCUT2D eigenvalue weighted by Gasteiger charge is 2.11. The maximum absolute atomic E-state index is 10.8. The van der Waals surface area contributed by atoms with Crippen molar-refractivity contribution in [2.24, 2.45) is 0 Å². The molecule has 0 saturated carbocycles. The van der Waals surface area contributed by atoms with E-state index in [1.165, 1.54) is 18.0 Å². The molecule has 100 valence electrons. The molecule has 1 rings (SSSR count). The van der Waals surface area contributed by atoms with Crippen molar-refractivity contribution in [2.75, 3.05) is 26.2 Å². The standard InChI is InChI=1S/C11H17N3O3S/c15-9-3-6-12-7-8-13-18-11-5-2-1-4-10(11)14(16)17/h1-2,4-5,12-13,15H,3,6-9H2. The van der Waals surface area contributed by atoms with Crippen LogP contribution >= 0.6 is 11.9 Å². The zero-order valence-corrected chi connectivity index (χ0v) is 10.8. The number of para-hydroxylation sites is 1. The van der Waals surface area contributed by atoms with Crippen molar-refractivity contribution >= 4 is 17.6 Å². The first-order chi connectivity index (χ1) is 8.75. The van der Waals surface area contributed by atoms with Gasteiger partial charge in [-0.3, -0.25) is 14.8 Å². The van der Waals surface area contributed by atoms with Gasteiger partial charge in [0.1, 0.15) is 4.90 Å². The molecular weight excluding hydrogens is 254 g/mol. The Morgan fingerprint density at radius 2 is 2.06 bits per heavy atom. The zero-order valence-electron chi connectivity index (χ0n) is 9.96. The zero-order chi connectivity index (χ0) is 13.2. The molecule has 0 aliphatic rings. The van der Waals surface area contributed by atoms with Gasteiger partial charge in [-0.25, -0.2) is 0 Å². The molecule has 0 heterocycles. The van der Waals surface area contributed by atoms with Crippen LogP contribution in [0.3, 0.4) is 0 Å². The first-order valence-electron chi connectivity index (χ1n) is 5.70. The van der Waals surface area contributed by atoms with Crippen molar-refractivity contribution in [3.63, 3.8) is 0 Å². The van der Waals surface area contributed by atoms with Crippen molar-refractivity contribution in [3.05, 3.63) is 34.4 Å². The summed E-state index contributed by atoms with van der Waals surface area (Å²) in [4.78, 5) is 11.0. The lowest BCUT2D eigenvalue weighted by Gasteiger charge is -2.05. The third-order valence-corrected chi connectivity index (χ3v) is 3.07. The minimum Gasteiger partial charge on any atom is -0.396 e. The maximum Gasteiger partial charge on any atom is 0.284 e. The van der Waals surface area contributed by atoms with E-state index in [-0.39, 0.29) is 17.2 Å². The number of nitro benzene ring substituents is 1. The van der Waals surface area contributed by atoms with Gasteiger partial charge in [0.25, 0.3) is 5.69 Å². The average Bonchev–Trinajstić information content (AvgIpc) is 2.38. The predicted molar refractivity (Wildman–Crippen MR) is 71.5 cm³/mol. The number of aliphatic hydroxyl groups is 1. The van der Waals surface area contributed by atoms with E-state index >= 15 is 0 Å². The van der Waals surface area contributed by atoms with E-state index in [2.05, 4.69) is 10.0 Å². The second-order valence-electron chi connectivity index (χ2n) is 3.55. The molecule has 0 aliphatic carbocycles. The Kier molecular flexibility index (Phi) is 7.35. The van der Waals surface area contributed by atoms with Gasteiger partial charge in [-0.2, -0.15) is 0 Å². The highest BCUT2D eigenvalue weighted by molar-refractivity contribution is 7.97. The first-order valence-corrected chi connectivity index (χ1v) is 6.52. The molecule has 1 aromatic carbocycles. The van der Waals surface area contributed by atoms with Gasteiger partial charge in [-0.05, 0) is 31.0 Å². The summed E-state index contributed by atoms with van der Waals surface area (Å²) in [6.45, 7) is 2.41. The fourth-order valence-electron chi connectivity index (χ4n) is 1.29. The van der Waals surface area contributed by atoms with Crippen LogP contribution in [-0.4, -0.2) is 36.3 Å². The number of benzene rings is 1. The van der Waals surface area contributed by atoms with Crippen LogP contribution in [0.15, 0.2) is 29.2 Å². The van der Waals surface area contributed by atoms with Gasteiger partial charge in [0.2, 0.25) is 0 Å². The van der Waals surface area contributed by atoms with E-state index in [1.807, 2.05) is 0 Å². The van der Waals surface area contributed by atoms with Crippen LogP contribution in [0.25, 0.3) is 0 Å². The Bertz CT molecular complexity index is 376. The van der Waals surface area contributed by atoms with Crippen molar-refractivity contribution in [1.29, 1.82) is 0 Å². The summed E-state index contributed by atoms with van der Waals surface area (Å²) < 4.78 is 3.06. The summed E-state index contributed by atoms with van der Waals surface area (Å²) in [5, 5.41) is 22.5. The molecule has 0 saturated heterocycles. The Morgan fingerprint density at radius 1 is 1.28 bits per heavy atom. The SMILES string of the molecule is O=[N+]([O-])c1ccccc1SNCCNCCCO. The lowest BCUT2D eigenvalue weighted by molar-refractivity contribution is -0.387. The van der Waals surface area contributed by atoms with E-state index in [9.17, 15) is 10.1 Å². The number of hydrogen-bond acceptors (Lipinski definition) is 6. The van der Waals surface area contributed by atoms with Crippen molar-refractivity contribution < 1.29 is 10.0 Å². The van der Waals surface area contributed by atoms with Gasteiger partial charge in [0.05, 0.1) is 4.92 Å². The van der Waals surface area contributed by atoms with Crippen LogP contribution < -0.4 is 10.0 Å². The number of nitrogens with one attached hydrogen (secondary N) is 2. The minimum absolute atomic E-state index is 0.114. The Hall–Kier alpha value is -1.15. The fourth-order valence-corrected chi connectivity index (χ4v) is 2.04. The summed E-state index contributed by atoms with van der Waals surface area (Å²) in [7, 11) is 0.